The summed E-state index contributed by atoms with van der Waals surface area (Å²) in [6, 6.07) is 0. The average Bonchev–Trinajstić information content (AvgIpc) is 3.03. The highest BCUT2D eigenvalue weighted by molar-refractivity contribution is 5.78. The predicted octanol–water partition coefficient (Wildman–Crippen LogP) is 0.656. The van der Waals surface area contributed by atoms with Crippen molar-refractivity contribution in [3.63, 3.8) is 0 Å². The Morgan fingerprint density at radius 2 is 1.88 bits per heavy atom. The number of ether oxygens (including phenoxy) is 1. The minimum absolute atomic E-state index is 0.0122. The predicted molar refractivity (Wildman–Crippen MR) is 74.7 cm³/mol. The molecule has 0 saturated carbocycles. The first-order chi connectivity index (χ1) is 11.3. The molecule has 10 heteroatoms. The van der Waals surface area contributed by atoms with E-state index in [1.165, 1.54) is 0 Å². The van der Waals surface area contributed by atoms with Gasteiger partial charge in [-0.05, 0) is 31.2 Å². The summed E-state index contributed by atoms with van der Waals surface area (Å²) in [6.45, 7) is 4.68. The Labute approximate surface area is 137 Å². The number of aliphatic carboxylic acids is 1. The fourth-order valence-electron chi connectivity index (χ4n) is 3.09. The third kappa shape index (κ3) is 4.81. The minimum Gasteiger partial charge on any atom is -0.475 e. The number of halogens is 3. The van der Waals surface area contributed by atoms with E-state index in [1.54, 1.807) is 5.06 Å². The maximum atomic E-state index is 12.4. The van der Waals surface area contributed by atoms with Crippen molar-refractivity contribution in [2.75, 3.05) is 39.5 Å². The number of hydroxylamine groups is 2. The van der Waals surface area contributed by atoms with Gasteiger partial charge in [0.1, 0.15) is 0 Å². The summed E-state index contributed by atoms with van der Waals surface area (Å²) < 4.78 is 37.3. The number of hydrogen-bond acceptors (Lipinski definition) is 5. The second kappa shape index (κ2) is 8.13. The molecule has 0 bridgehead atoms. The van der Waals surface area contributed by atoms with Gasteiger partial charge in [-0.3, -0.25) is 9.63 Å². The van der Waals surface area contributed by atoms with Gasteiger partial charge in [0.05, 0.1) is 25.7 Å². The molecule has 3 atom stereocenters. The van der Waals surface area contributed by atoms with Gasteiger partial charge in [-0.1, -0.05) is 0 Å². The van der Waals surface area contributed by atoms with Crippen LogP contribution in [0.15, 0.2) is 0 Å². The van der Waals surface area contributed by atoms with Crippen molar-refractivity contribution >= 4 is 11.9 Å². The van der Waals surface area contributed by atoms with E-state index in [-0.39, 0.29) is 11.8 Å². The minimum atomic E-state index is -5.08. The Morgan fingerprint density at radius 1 is 1.17 bits per heavy atom. The van der Waals surface area contributed by atoms with Crippen LogP contribution in [0.2, 0.25) is 0 Å². The number of nitrogens with one attached hydrogen (secondary N) is 1. The van der Waals surface area contributed by atoms with Crippen molar-refractivity contribution in [2.45, 2.75) is 19.0 Å². The monoisotopic (exact) mass is 354 g/mol. The number of carboxylic acids is 1. The molecule has 0 aromatic carbocycles. The van der Waals surface area contributed by atoms with Crippen LogP contribution >= 0.6 is 0 Å². The topological polar surface area (TPSA) is 88.1 Å². The Hall–Kier alpha value is -1.39. The molecule has 3 heterocycles. The number of amides is 1. The maximum absolute atomic E-state index is 12.4. The van der Waals surface area contributed by atoms with E-state index in [9.17, 15) is 18.0 Å². The normalized spacial score (nSPS) is 30.1. The zero-order valence-corrected chi connectivity index (χ0v) is 13.1. The second-order valence-electron chi connectivity index (χ2n) is 6.01. The van der Waals surface area contributed by atoms with Crippen LogP contribution in [0.3, 0.4) is 0 Å². The van der Waals surface area contributed by atoms with Crippen molar-refractivity contribution < 1.29 is 37.4 Å². The molecule has 7 nitrogen and oxygen atoms in total. The standard InChI is InChI=1S/C12H20N2O3.C2HF3O2/c15-12(14-3-1-2-4-17-14)11-8-16-7-9-5-13-6-10(9)11;3-2(4,5)1(6)7/h9-11,13H,1-8H2;(H,6,7)/t9-,10-,11-;/m1./s1. The molecule has 0 radical (unpaired) electrons. The van der Waals surface area contributed by atoms with E-state index in [0.717, 1.165) is 39.1 Å². The van der Waals surface area contributed by atoms with Gasteiger partial charge in [-0.25, -0.2) is 9.86 Å². The molecule has 2 N–H and O–H groups in total. The van der Waals surface area contributed by atoms with Gasteiger partial charge >= 0.3 is 12.1 Å². The van der Waals surface area contributed by atoms with E-state index in [4.69, 9.17) is 19.5 Å². The summed E-state index contributed by atoms with van der Waals surface area (Å²) in [6.07, 6.45) is -2.98. The molecule has 138 valence electrons. The van der Waals surface area contributed by atoms with Crippen LogP contribution in [0, 0.1) is 17.8 Å². The molecular weight excluding hydrogens is 333 g/mol. The molecule has 0 spiro atoms. The third-order valence-corrected chi connectivity index (χ3v) is 4.35. The first kappa shape index (κ1) is 18.9. The van der Waals surface area contributed by atoms with Gasteiger partial charge in [0.2, 0.25) is 0 Å². The summed E-state index contributed by atoms with van der Waals surface area (Å²) >= 11 is 0. The quantitative estimate of drug-likeness (QED) is 0.719. The van der Waals surface area contributed by atoms with E-state index in [1.807, 2.05) is 0 Å². The lowest BCUT2D eigenvalue weighted by atomic mass is 9.82. The molecule has 3 aliphatic heterocycles. The molecule has 24 heavy (non-hydrogen) atoms. The molecule has 0 aliphatic carbocycles. The maximum Gasteiger partial charge on any atom is 0.490 e. The van der Waals surface area contributed by atoms with Crippen LogP contribution in [0.1, 0.15) is 12.8 Å². The largest absolute Gasteiger partial charge is 0.490 e. The second-order valence-corrected chi connectivity index (χ2v) is 6.01. The number of carboxylic acid groups (broad SMARTS) is 1. The van der Waals surface area contributed by atoms with Crippen LogP contribution < -0.4 is 5.32 Å². The fraction of sp³-hybridized carbons (Fsp3) is 0.857. The molecular formula is C14H21F3N2O5. The van der Waals surface area contributed by atoms with E-state index in [2.05, 4.69) is 5.32 Å². The van der Waals surface area contributed by atoms with Crippen LogP contribution in [0.5, 0.6) is 0 Å². The molecule has 0 unspecified atom stereocenters. The molecule has 3 saturated heterocycles. The van der Waals surface area contributed by atoms with E-state index in [0.29, 0.717) is 25.0 Å². The number of hydrogen-bond donors (Lipinski definition) is 2. The number of nitrogens with zero attached hydrogens (tertiary/aromatic N) is 1. The molecule has 1 amide bonds. The van der Waals surface area contributed by atoms with Gasteiger partial charge in [0, 0.05) is 13.1 Å². The van der Waals surface area contributed by atoms with Crippen molar-refractivity contribution in [1.29, 1.82) is 0 Å². The van der Waals surface area contributed by atoms with Crippen LogP contribution in [-0.2, 0) is 19.2 Å². The number of rotatable bonds is 1. The highest BCUT2D eigenvalue weighted by Crippen LogP contribution is 2.31. The van der Waals surface area contributed by atoms with Crippen molar-refractivity contribution in [2.24, 2.45) is 17.8 Å². The Kier molecular flexibility index (Phi) is 6.41. The van der Waals surface area contributed by atoms with Crippen LogP contribution in [0.25, 0.3) is 0 Å². The van der Waals surface area contributed by atoms with Gasteiger partial charge in [-0.2, -0.15) is 13.2 Å². The van der Waals surface area contributed by atoms with E-state index < -0.39 is 12.1 Å². The lowest BCUT2D eigenvalue weighted by molar-refractivity contribution is -0.207. The molecule has 3 aliphatic rings. The summed E-state index contributed by atoms with van der Waals surface area (Å²) in [5.74, 6) is -1.71. The van der Waals surface area contributed by atoms with Crippen molar-refractivity contribution in [3.05, 3.63) is 0 Å². The zero-order chi connectivity index (χ0) is 17.7. The first-order valence-electron chi connectivity index (χ1n) is 7.83. The van der Waals surface area contributed by atoms with Crippen molar-refractivity contribution in [1.82, 2.24) is 10.4 Å². The first-order valence-corrected chi connectivity index (χ1v) is 7.83. The summed E-state index contributed by atoms with van der Waals surface area (Å²) in [5.41, 5.74) is 0. The third-order valence-electron chi connectivity index (χ3n) is 4.35. The van der Waals surface area contributed by atoms with Gasteiger partial charge in [-0.15, -0.1) is 0 Å². The molecule has 0 aromatic rings. The lowest BCUT2D eigenvalue weighted by Crippen LogP contribution is -2.47. The Bertz CT molecular complexity index is 454. The van der Waals surface area contributed by atoms with E-state index >= 15 is 0 Å². The van der Waals surface area contributed by atoms with Crippen LogP contribution in [0.4, 0.5) is 13.2 Å². The van der Waals surface area contributed by atoms with Gasteiger partial charge < -0.3 is 15.2 Å². The van der Waals surface area contributed by atoms with Gasteiger partial charge in [0.25, 0.3) is 5.91 Å². The highest BCUT2D eigenvalue weighted by atomic mass is 19.4. The summed E-state index contributed by atoms with van der Waals surface area (Å²) in [4.78, 5) is 26.7. The molecule has 3 fully saturated rings. The number of carbonyl (C=O) groups excluding carboxylic acids is 1. The van der Waals surface area contributed by atoms with Gasteiger partial charge in [0.15, 0.2) is 0 Å². The summed E-state index contributed by atoms with van der Waals surface area (Å²) in [7, 11) is 0. The SMILES string of the molecule is O=C(O)C(F)(F)F.O=C([C@@H]1COC[C@H]2CNC[C@H]21)N1CCCCO1. The number of fused-ring (bicyclic) bond motifs is 1. The van der Waals surface area contributed by atoms with Crippen molar-refractivity contribution in [3.8, 4) is 0 Å². The highest BCUT2D eigenvalue weighted by Gasteiger charge is 2.43. The fourth-order valence-corrected chi connectivity index (χ4v) is 3.09. The smallest absolute Gasteiger partial charge is 0.475 e. The Balaban J connectivity index is 0.000000256. The molecule has 0 aromatic heterocycles. The van der Waals surface area contributed by atoms with Crippen LogP contribution in [-0.4, -0.2) is 67.7 Å². The number of carbonyl (C=O) groups is 2. The Morgan fingerprint density at radius 3 is 2.46 bits per heavy atom. The number of alkyl halides is 3. The zero-order valence-electron chi connectivity index (χ0n) is 13.1. The summed E-state index contributed by atoms with van der Waals surface area (Å²) in [5, 5.41) is 12.1. The average molecular weight is 354 g/mol. The lowest BCUT2D eigenvalue weighted by Gasteiger charge is -2.36. The molecule has 3 rings (SSSR count).